The molecule has 0 bridgehead atoms. The SMILES string of the molecule is COc1ccc(C(=O)Nc2ccc(C3(C#N)CCCC3)cc2)cc1OC(C)C. The number of carbonyl (C=O) groups excluding carboxylic acids is 1. The van der Waals surface area contributed by atoms with Crippen LogP contribution < -0.4 is 14.8 Å². The highest BCUT2D eigenvalue weighted by atomic mass is 16.5. The zero-order valence-electron chi connectivity index (χ0n) is 16.6. The summed E-state index contributed by atoms with van der Waals surface area (Å²) in [6.07, 6.45) is 3.95. The van der Waals surface area contributed by atoms with E-state index in [0.717, 1.165) is 31.2 Å². The molecule has 1 fully saturated rings. The fourth-order valence-corrected chi connectivity index (χ4v) is 3.68. The summed E-state index contributed by atoms with van der Waals surface area (Å²) < 4.78 is 11.0. The number of rotatable bonds is 6. The molecule has 0 saturated heterocycles. The van der Waals surface area contributed by atoms with Gasteiger partial charge in [0.2, 0.25) is 0 Å². The van der Waals surface area contributed by atoms with E-state index in [-0.39, 0.29) is 17.4 Å². The van der Waals surface area contributed by atoms with Gasteiger partial charge in [-0.15, -0.1) is 0 Å². The molecule has 1 aliphatic carbocycles. The summed E-state index contributed by atoms with van der Waals surface area (Å²) in [5.41, 5.74) is 1.84. The third-order valence-corrected chi connectivity index (χ3v) is 5.15. The van der Waals surface area contributed by atoms with Crippen LogP contribution in [0.1, 0.15) is 55.5 Å². The third kappa shape index (κ3) is 4.12. The van der Waals surface area contributed by atoms with Gasteiger partial charge < -0.3 is 14.8 Å². The van der Waals surface area contributed by atoms with Gasteiger partial charge in [0, 0.05) is 11.3 Å². The first-order chi connectivity index (χ1) is 13.5. The largest absolute Gasteiger partial charge is 0.493 e. The van der Waals surface area contributed by atoms with Crippen LogP contribution in [-0.2, 0) is 5.41 Å². The summed E-state index contributed by atoms with van der Waals surface area (Å²) in [4.78, 5) is 12.7. The summed E-state index contributed by atoms with van der Waals surface area (Å²) in [6.45, 7) is 3.85. The van der Waals surface area contributed by atoms with Crippen LogP contribution in [0.15, 0.2) is 42.5 Å². The van der Waals surface area contributed by atoms with Gasteiger partial charge in [-0.1, -0.05) is 25.0 Å². The lowest BCUT2D eigenvalue weighted by atomic mass is 9.80. The Labute approximate surface area is 166 Å². The van der Waals surface area contributed by atoms with Crippen molar-refractivity contribution >= 4 is 11.6 Å². The highest BCUT2D eigenvalue weighted by Crippen LogP contribution is 2.40. The summed E-state index contributed by atoms with van der Waals surface area (Å²) in [5, 5.41) is 12.5. The second-order valence-corrected chi connectivity index (χ2v) is 7.46. The average molecular weight is 378 g/mol. The van der Waals surface area contributed by atoms with Gasteiger partial charge in [0.1, 0.15) is 0 Å². The molecule has 0 spiro atoms. The first-order valence-electron chi connectivity index (χ1n) is 9.65. The Balaban J connectivity index is 1.75. The van der Waals surface area contributed by atoms with E-state index >= 15 is 0 Å². The molecular formula is C23H26N2O3. The van der Waals surface area contributed by atoms with Crippen LogP contribution in [0.3, 0.4) is 0 Å². The number of anilines is 1. The number of amides is 1. The predicted molar refractivity (Wildman–Crippen MR) is 109 cm³/mol. The first kappa shape index (κ1) is 19.8. The lowest BCUT2D eigenvalue weighted by Gasteiger charge is -2.21. The van der Waals surface area contributed by atoms with E-state index in [1.54, 1.807) is 25.3 Å². The molecule has 0 aromatic heterocycles. The van der Waals surface area contributed by atoms with Crippen molar-refractivity contribution in [3.63, 3.8) is 0 Å². The molecule has 5 heteroatoms. The Morgan fingerprint density at radius 2 is 1.79 bits per heavy atom. The lowest BCUT2D eigenvalue weighted by molar-refractivity contribution is 0.102. The third-order valence-electron chi connectivity index (χ3n) is 5.15. The maximum Gasteiger partial charge on any atom is 0.255 e. The van der Waals surface area contributed by atoms with Gasteiger partial charge in [-0.05, 0) is 62.6 Å². The van der Waals surface area contributed by atoms with Gasteiger partial charge in [-0.25, -0.2) is 0 Å². The number of carbonyl (C=O) groups is 1. The highest BCUT2D eigenvalue weighted by molar-refractivity contribution is 6.04. The molecule has 146 valence electrons. The Hall–Kier alpha value is -3.00. The van der Waals surface area contributed by atoms with Crippen molar-refractivity contribution in [2.45, 2.75) is 51.0 Å². The molecule has 0 atom stereocenters. The van der Waals surface area contributed by atoms with Crippen LogP contribution in [0.25, 0.3) is 0 Å². The van der Waals surface area contributed by atoms with E-state index < -0.39 is 0 Å². The van der Waals surface area contributed by atoms with Crippen LogP contribution in [0.2, 0.25) is 0 Å². The zero-order chi connectivity index (χ0) is 20.1. The van der Waals surface area contributed by atoms with Crippen molar-refractivity contribution in [1.29, 1.82) is 5.26 Å². The molecule has 1 aliphatic rings. The molecule has 3 rings (SSSR count). The smallest absolute Gasteiger partial charge is 0.255 e. The van der Waals surface area contributed by atoms with Crippen LogP contribution in [0.4, 0.5) is 5.69 Å². The molecule has 2 aromatic carbocycles. The molecule has 0 heterocycles. The molecule has 5 nitrogen and oxygen atoms in total. The number of ether oxygens (including phenoxy) is 2. The minimum Gasteiger partial charge on any atom is -0.493 e. The number of nitriles is 1. The Bertz CT molecular complexity index is 876. The average Bonchev–Trinajstić information content (AvgIpc) is 3.18. The summed E-state index contributed by atoms with van der Waals surface area (Å²) in [5.74, 6) is 0.908. The molecule has 1 amide bonds. The number of hydrogen-bond donors (Lipinski definition) is 1. The van der Waals surface area contributed by atoms with Crippen LogP contribution in [0.5, 0.6) is 11.5 Å². The van der Waals surface area contributed by atoms with Gasteiger partial charge in [0.05, 0.1) is 24.7 Å². The van der Waals surface area contributed by atoms with E-state index in [2.05, 4.69) is 11.4 Å². The molecule has 0 aliphatic heterocycles. The first-order valence-corrected chi connectivity index (χ1v) is 9.65. The topological polar surface area (TPSA) is 71.3 Å². The number of methoxy groups -OCH3 is 1. The predicted octanol–water partition coefficient (Wildman–Crippen LogP) is 5.07. The summed E-state index contributed by atoms with van der Waals surface area (Å²) >= 11 is 0. The molecule has 28 heavy (non-hydrogen) atoms. The van der Waals surface area contributed by atoms with Crippen molar-refractivity contribution in [2.75, 3.05) is 12.4 Å². The van der Waals surface area contributed by atoms with Gasteiger partial charge in [-0.2, -0.15) is 5.26 Å². The van der Waals surface area contributed by atoms with E-state index in [4.69, 9.17) is 9.47 Å². The molecule has 2 aromatic rings. The quantitative estimate of drug-likeness (QED) is 0.762. The van der Waals surface area contributed by atoms with Crippen molar-refractivity contribution in [2.24, 2.45) is 0 Å². The maximum absolute atomic E-state index is 12.7. The van der Waals surface area contributed by atoms with Crippen LogP contribution in [-0.4, -0.2) is 19.1 Å². The van der Waals surface area contributed by atoms with Gasteiger partial charge >= 0.3 is 0 Å². The van der Waals surface area contributed by atoms with E-state index in [0.29, 0.717) is 22.7 Å². The Morgan fingerprint density at radius 1 is 1.11 bits per heavy atom. The monoisotopic (exact) mass is 378 g/mol. The number of nitrogens with one attached hydrogen (secondary N) is 1. The molecule has 0 radical (unpaired) electrons. The molecule has 1 N–H and O–H groups in total. The van der Waals surface area contributed by atoms with E-state index in [1.165, 1.54) is 0 Å². The fourth-order valence-electron chi connectivity index (χ4n) is 3.68. The van der Waals surface area contributed by atoms with Gasteiger partial charge in [0.25, 0.3) is 5.91 Å². The lowest BCUT2D eigenvalue weighted by Crippen LogP contribution is -2.19. The Morgan fingerprint density at radius 3 is 2.36 bits per heavy atom. The van der Waals surface area contributed by atoms with Crippen LogP contribution in [0, 0.1) is 11.3 Å². The second kappa shape index (κ2) is 8.35. The highest BCUT2D eigenvalue weighted by Gasteiger charge is 2.35. The minimum atomic E-state index is -0.373. The van der Waals surface area contributed by atoms with Crippen molar-refractivity contribution in [1.82, 2.24) is 0 Å². The summed E-state index contributed by atoms with van der Waals surface area (Å²) in [7, 11) is 1.57. The van der Waals surface area contributed by atoms with E-state index in [9.17, 15) is 10.1 Å². The van der Waals surface area contributed by atoms with Crippen molar-refractivity contribution in [3.05, 3.63) is 53.6 Å². The minimum absolute atomic E-state index is 0.0252. The number of hydrogen-bond acceptors (Lipinski definition) is 4. The van der Waals surface area contributed by atoms with Crippen LogP contribution >= 0.6 is 0 Å². The summed E-state index contributed by atoms with van der Waals surface area (Å²) in [6, 6.07) is 15.2. The van der Waals surface area contributed by atoms with Crippen molar-refractivity contribution < 1.29 is 14.3 Å². The maximum atomic E-state index is 12.7. The number of benzene rings is 2. The molecular weight excluding hydrogens is 352 g/mol. The van der Waals surface area contributed by atoms with E-state index in [1.807, 2.05) is 38.1 Å². The molecule has 1 saturated carbocycles. The zero-order valence-corrected chi connectivity index (χ0v) is 16.6. The Kier molecular flexibility index (Phi) is 5.89. The van der Waals surface area contributed by atoms with Gasteiger partial charge in [0.15, 0.2) is 11.5 Å². The fraction of sp³-hybridized carbons (Fsp3) is 0.391. The van der Waals surface area contributed by atoms with Gasteiger partial charge in [-0.3, -0.25) is 4.79 Å². The molecule has 0 unspecified atom stereocenters. The van der Waals surface area contributed by atoms with Crippen molar-refractivity contribution in [3.8, 4) is 17.6 Å². The standard InChI is InChI=1S/C23H26N2O3/c1-16(2)28-21-14-17(6-11-20(21)27-3)22(26)25-19-9-7-18(8-10-19)23(15-24)12-4-5-13-23/h6-11,14,16H,4-5,12-13H2,1-3H3,(H,25,26). The number of nitrogens with zero attached hydrogens (tertiary/aromatic N) is 1. The normalized spacial score (nSPS) is 15.1. The second-order valence-electron chi connectivity index (χ2n) is 7.46.